The Hall–Kier alpha value is -2.37. The van der Waals surface area contributed by atoms with Gasteiger partial charge in [-0.1, -0.05) is 12.1 Å². The summed E-state index contributed by atoms with van der Waals surface area (Å²) in [6, 6.07) is 4.40. The molecule has 0 atom stereocenters. The first-order valence-electron chi connectivity index (χ1n) is 5.56. The molecule has 0 aliphatic heterocycles. The number of carboxylic acid groups (broad SMARTS) is 1. The molecule has 2 rings (SSSR count). The highest BCUT2D eigenvalue weighted by molar-refractivity contribution is 5.99. The third-order valence-corrected chi connectivity index (χ3v) is 2.83. The summed E-state index contributed by atoms with van der Waals surface area (Å²) in [6.07, 6.45) is 0. The van der Waals surface area contributed by atoms with E-state index in [4.69, 9.17) is 9.52 Å². The number of rotatable bonds is 3. The molecular formula is C13H12FNO4. The molecule has 0 aliphatic rings. The normalized spacial score (nSPS) is 10.7. The van der Waals surface area contributed by atoms with Crippen molar-refractivity contribution in [2.45, 2.75) is 6.92 Å². The minimum Gasteiger partial charge on any atom is -0.480 e. The first-order valence-corrected chi connectivity index (χ1v) is 5.56. The van der Waals surface area contributed by atoms with Crippen LogP contribution in [0.25, 0.3) is 11.0 Å². The quantitative estimate of drug-likeness (QED) is 0.921. The molecule has 0 saturated heterocycles. The van der Waals surface area contributed by atoms with Crippen LogP contribution in [0.15, 0.2) is 22.6 Å². The van der Waals surface area contributed by atoms with E-state index in [0.717, 1.165) is 4.90 Å². The molecule has 0 unspecified atom stereocenters. The maximum absolute atomic E-state index is 13.5. The molecule has 0 saturated carbocycles. The van der Waals surface area contributed by atoms with Gasteiger partial charge in [0.05, 0.1) is 0 Å². The lowest BCUT2D eigenvalue weighted by atomic mass is 10.1. The fourth-order valence-electron chi connectivity index (χ4n) is 1.86. The van der Waals surface area contributed by atoms with Crippen LogP contribution < -0.4 is 0 Å². The zero-order valence-electron chi connectivity index (χ0n) is 10.4. The lowest BCUT2D eigenvalue weighted by Crippen LogP contribution is -2.32. The van der Waals surface area contributed by atoms with Crippen LogP contribution in [0.2, 0.25) is 0 Å². The Morgan fingerprint density at radius 1 is 1.42 bits per heavy atom. The van der Waals surface area contributed by atoms with Crippen LogP contribution in [-0.4, -0.2) is 35.5 Å². The maximum Gasteiger partial charge on any atom is 0.323 e. The van der Waals surface area contributed by atoms with Crippen LogP contribution in [0, 0.1) is 12.7 Å². The van der Waals surface area contributed by atoms with Crippen molar-refractivity contribution in [3.05, 3.63) is 35.3 Å². The minimum absolute atomic E-state index is 0.00655. The molecule has 19 heavy (non-hydrogen) atoms. The number of hydrogen-bond acceptors (Lipinski definition) is 3. The number of aryl methyl sites for hydroxylation is 1. The van der Waals surface area contributed by atoms with Crippen LogP contribution in [-0.2, 0) is 4.79 Å². The van der Waals surface area contributed by atoms with E-state index in [1.165, 1.54) is 19.2 Å². The molecule has 0 spiro atoms. The Labute approximate surface area is 108 Å². The summed E-state index contributed by atoms with van der Waals surface area (Å²) in [4.78, 5) is 23.6. The number of likely N-dealkylation sites (N-methyl/N-ethyl adjacent to an activating group) is 1. The molecule has 0 radical (unpaired) electrons. The third-order valence-electron chi connectivity index (χ3n) is 2.83. The Balaban J connectivity index is 2.46. The molecule has 1 amide bonds. The van der Waals surface area contributed by atoms with E-state index < -0.39 is 24.2 Å². The van der Waals surface area contributed by atoms with E-state index in [2.05, 4.69) is 0 Å². The molecule has 6 heteroatoms. The molecule has 100 valence electrons. The van der Waals surface area contributed by atoms with E-state index in [9.17, 15) is 14.0 Å². The van der Waals surface area contributed by atoms with Crippen molar-refractivity contribution in [3.63, 3.8) is 0 Å². The molecular weight excluding hydrogens is 253 g/mol. The zero-order chi connectivity index (χ0) is 14.2. The number of fused-ring (bicyclic) bond motifs is 1. The summed E-state index contributed by atoms with van der Waals surface area (Å²) in [5, 5.41) is 9.15. The van der Waals surface area contributed by atoms with Crippen molar-refractivity contribution in [1.82, 2.24) is 4.90 Å². The fourth-order valence-corrected chi connectivity index (χ4v) is 1.86. The number of carbonyl (C=O) groups is 2. The summed E-state index contributed by atoms with van der Waals surface area (Å²) < 4.78 is 18.8. The van der Waals surface area contributed by atoms with Crippen LogP contribution in [0.4, 0.5) is 4.39 Å². The zero-order valence-corrected chi connectivity index (χ0v) is 10.4. The van der Waals surface area contributed by atoms with Gasteiger partial charge in [0.15, 0.2) is 17.2 Å². The molecule has 1 aromatic carbocycles. The summed E-state index contributed by atoms with van der Waals surface area (Å²) in [6.45, 7) is 1.19. The number of furan rings is 1. The highest BCUT2D eigenvalue weighted by atomic mass is 19.1. The summed E-state index contributed by atoms with van der Waals surface area (Å²) in [5.74, 6) is -2.31. The highest BCUT2D eigenvalue weighted by Crippen LogP contribution is 2.27. The molecule has 1 N–H and O–H groups in total. The van der Waals surface area contributed by atoms with Crippen molar-refractivity contribution in [2.75, 3.05) is 13.6 Å². The van der Waals surface area contributed by atoms with Gasteiger partial charge in [0.2, 0.25) is 0 Å². The van der Waals surface area contributed by atoms with E-state index in [1.807, 2.05) is 0 Å². The van der Waals surface area contributed by atoms with Gasteiger partial charge in [-0.2, -0.15) is 0 Å². The highest BCUT2D eigenvalue weighted by Gasteiger charge is 2.23. The van der Waals surface area contributed by atoms with Crippen molar-refractivity contribution >= 4 is 22.8 Å². The van der Waals surface area contributed by atoms with Gasteiger partial charge in [-0.25, -0.2) is 4.39 Å². The van der Waals surface area contributed by atoms with Crippen LogP contribution in [0.5, 0.6) is 0 Å². The lowest BCUT2D eigenvalue weighted by molar-refractivity contribution is -0.137. The fraction of sp³-hybridized carbons (Fsp3) is 0.231. The molecule has 1 heterocycles. The Bertz CT molecular complexity index is 662. The number of hydrogen-bond donors (Lipinski definition) is 1. The second kappa shape index (κ2) is 4.72. The smallest absolute Gasteiger partial charge is 0.323 e. The van der Waals surface area contributed by atoms with Gasteiger partial charge in [-0.05, 0) is 13.0 Å². The maximum atomic E-state index is 13.5. The second-order valence-electron chi connectivity index (χ2n) is 4.23. The van der Waals surface area contributed by atoms with E-state index in [-0.39, 0.29) is 11.3 Å². The van der Waals surface area contributed by atoms with Gasteiger partial charge in [-0.3, -0.25) is 9.59 Å². The molecule has 2 aromatic rings. The van der Waals surface area contributed by atoms with Crippen molar-refractivity contribution in [3.8, 4) is 0 Å². The predicted molar refractivity (Wildman–Crippen MR) is 65.5 cm³/mol. The summed E-state index contributed by atoms with van der Waals surface area (Å²) in [5.41, 5.74) is 0.504. The third kappa shape index (κ3) is 2.29. The number of para-hydroxylation sites is 1. The summed E-state index contributed by atoms with van der Waals surface area (Å²) >= 11 is 0. The Morgan fingerprint density at radius 3 is 2.68 bits per heavy atom. The van der Waals surface area contributed by atoms with Crippen LogP contribution in [0.1, 0.15) is 16.1 Å². The first kappa shape index (κ1) is 13.1. The number of carboxylic acids is 1. The number of aliphatic carboxylic acids is 1. The number of carbonyl (C=O) groups excluding carboxylic acids is 1. The largest absolute Gasteiger partial charge is 0.480 e. The van der Waals surface area contributed by atoms with Crippen LogP contribution >= 0.6 is 0 Å². The SMILES string of the molecule is Cc1c(C(=O)N(C)CC(=O)O)oc2c(F)cccc12. The predicted octanol–water partition coefficient (Wildman–Crippen LogP) is 2.04. The molecule has 1 aromatic heterocycles. The molecule has 0 aliphatic carbocycles. The number of amides is 1. The van der Waals surface area contributed by atoms with Gasteiger partial charge >= 0.3 is 5.97 Å². The van der Waals surface area contributed by atoms with Crippen molar-refractivity contribution < 1.29 is 23.5 Å². The topological polar surface area (TPSA) is 70.8 Å². The van der Waals surface area contributed by atoms with E-state index in [0.29, 0.717) is 10.9 Å². The molecule has 0 fully saturated rings. The summed E-state index contributed by atoms with van der Waals surface area (Å²) in [7, 11) is 1.35. The Kier molecular flexibility index (Phi) is 3.25. The van der Waals surface area contributed by atoms with Gasteiger partial charge in [0.25, 0.3) is 5.91 Å². The van der Waals surface area contributed by atoms with Crippen molar-refractivity contribution in [2.24, 2.45) is 0 Å². The Morgan fingerprint density at radius 2 is 2.11 bits per heavy atom. The van der Waals surface area contributed by atoms with Gasteiger partial charge in [0.1, 0.15) is 6.54 Å². The lowest BCUT2D eigenvalue weighted by Gasteiger charge is -2.12. The number of halogens is 1. The van der Waals surface area contributed by atoms with E-state index in [1.54, 1.807) is 13.0 Å². The standard InChI is InChI=1S/C13H12FNO4/c1-7-8-4-3-5-9(14)12(8)19-11(7)13(18)15(2)6-10(16)17/h3-5H,6H2,1-2H3,(H,16,17). The minimum atomic E-state index is -1.13. The number of benzene rings is 1. The van der Waals surface area contributed by atoms with E-state index >= 15 is 0 Å². The monoisotopic (exact) mass is 265 g/mol. The van der Waals surface area contributed by atoms with Crippen LogP contribution in [0.3, 0.4) is 0 Å². The van der Waals surface area contributed by atoms with Gasteiger partial charge in [0, 0.05) is 18.0 Å². The van der Waals surface area contributed by atoms with Gasteiger partial charge in [-0.15, -0.1) is 0 Å². The second-order valence-corrected chi connectivity index (χ2v) is 4.23. The van der Waals surface area contributed by atoms with Crippen molar-refractivity contribution in [1.29, 1.82) is 0 Å². The molecule has 5 nitrogen and oxygen atoms in total. The average Bonchev–Trinajstić information content (AvgIpc) is 2.67. The first-order chi connectivity index (χ1) is 8.91. The molecule has 0 bridgehead atoms. The van der Waals surface area contributed by atoms with Gasteiger partial charge < -0.3 is 14.4 Å². The average molecular weight is 265 g/mol. The number of nitrogens with zero attached hydrogens (tertiary/aromatic N) is 1.